The van der Waals surface area contributed by atoms with Crippen LogP contribution >= 0.6 is 19.5 Å². The van der Waals surface area contributed by atoms with E-state index in [1.165, 1.54) is 0 Å². The van der Waals surface area contributed by atoms with E-state index in [-0.39, 0.29) is 11.1 Å². The van der Waals surface area contributed by atoms with Crippen LogP contribution in [-0.4, -0.2) is 64.8 Å². The summed E-state index contributed by atoms with van der Waals surface area (Å²) in [6.45, 7) is 11.6. The summed E-state index contributed by atoms with van der Waals surface area (Å²) in [6, 6.07) is 0. The smallest absolute Gasteiger partial charge is 0.294 e. The molecule has 2 atom stereocenters. The predicted molar refractivity (Wildman–Crippen MR) is 87.9 cm³/mol. The zero-order valence-corrected chi connectivity index (χ0v) is 15.4. The number of nitrogens with one attached hydrogen (secondary N) is 1. The Morgan fingerprint density at radius 1 is 1.15 bits per heavy atom. The lowest BCUT2D eigenvalue weighted by Gasteiger charge is -2.25. The van der Waals surface area contributed by atoms with E-state index in [4.69, 9.17) is 0 Å². The fourth-order valence-electron chi connectivity index (χ4n) is 2.40. The second-order valence-electron chi connectivity index (χ2n) is 7.38. The standard InChI is InChI=1S/C13H29N4OPS/c1-12(2)10-16(12)19(18,17-11-13(17,3)4)14-20-9-7-8-15(5)6/h7-11H2,1-6H3,(H,14,18). The normalized spacial score (nSPS) is 33.0. The van der Waals surface area contributed by atoms with Crippen molar-refractivity contribution in [3.63, 3.8) is 0 Å². The summed E-state index contributed by atoms with van der Waals surface area (Å²) in [6.07, 6.45) is 1.11. The Morgan fingerprint density at radius 3 is 1.95 bits per heavy atom. The van der Waals surface area contributed by atoms with Crippen molar-refractivity contribution >= 4 is 19.5 Å². The molecule has 0 aromatic carbocycles. The first-order valence-electron chi connectivity index (χ1n) is 7.30. The van der Waals surface area contributed by atoms with E-state index in [1.54, 1.807) is 11.9 Å². The summed E-state index contributed by atoms with van der Waals surface area (Å²) in [5.41, 5.74) is 0.150. The van der Waals surface area contributed by atoms with Crippen molar-refractivity contribution in [2.75, 3.05) is 39.5 Å². The van der Waals surface area contributed by atoms with Gasteiger partial charge in [-0.05, 0) is 54.8 Å². The van der Waals surface area contributed by atoms with Gasteiger partial charge >= 0.3 is 0 Å². The van der Waals surface area contributed by atoms with Crippen LogP contribution in [0, 0.1) is 0 Å². The first-order valence-corrected chi connectivity index (χ1v) is 9.89. The Morgan fingerprint density at radius 2 is 1.60 bits per heavy atom. The van der Waals surface area contributed by atoms with E-state index in [2.05, 4.69) is 60.5 Å². The van der Waals surface area contributed by atoms with Crippen LogP contribution in [0.3, 0.4) is 0 Å². The fraction of sp³-hybridized carbons (Fsp3) is 1.00. The van der Waals surface area contributed by atoms with Gasteiger partial charge in [-0.15, -0.1) is 0 Å². The van der Waals surface area contributed by atoms with Crippen LogP contribution in [0.5, 0.6) is 0 Å². The van der Waals surface area contributed by atoms with E-state index in [0.29, 0.717) is 0 Å². The van der Waals surface area contributed by atoms with Gasteiger partial charge in [0.15, 0.2) is 0 Å². The molecule has 7 heteroatoms. The summed E-state index contributed by atoms with van der Waals surface area (Å²) in [4.78, 5) is 2.18. The van der Waals surface area contributed by atoms with Gasteiger partial charge in [0, 0.05) is 29.9 Å². The Balaban J connectivity index is 1.87. The minimum atomic E-state index is -2.58. The van der Waals surface area contributed by atoms with Gasteiger partial charge in [0.05, 0.1) is 0 Å². The van der Waals surface area contributed by atoms with Crippen molar-refractivity contribution in [1.29, 1.82) is 0 Å². The number of hydrogen-bond donors (Lipinski definition) is 1. The lowest BCUT2D eigenvalue weighted by atomic mass is 10.2. The average molecular weight is 320 g/mol. The molecule has 2 aliphatic heterocycles. The second kappa shape index (κ2) is 5.56. The van der Waals surface area contributed by atoms with Crippen molar-refractivity contribution in [2.45, 2.75) is 45.2 Å². The Labute approximate surface area is 128 Å². The molecule has 0 radical (unpaired) electrons. The molecule has 118 valence electrons. The van der Waals surface area contributed by atoms with Gasteiger partial charge in [-0.1, -0.05) is 11.9 Å². The third-order valence-electron chi connectivity index (χ3n) is 3.95. The van der Waals surface area contributed by atoms with Crippen LogP contribution in [0.1, 0.15) is 34.1 Å². The summed E-state index contributed by atoms with van der Waals surface area (Å²) in [7, 11) is 1.58. The van der Waals surface area contributed by atoms with Crippen LogP contribution in [0.25, 0.3) is 0 Å². The fourth-order valence-corrected chi connectivity index (χ4v) is 7.30. The third kappa shape index (κ3) is 3.60. The largest absolute Gasteiger partial charge is 0.309 e. The zero-order valence-electron chi connectivity index (χ0n) is 13.6. The highest BCUT2D eigenvalue weighted by atomic mass is 32.2. The van der Waals surface area contributed by atoms with Gasteiger partial charge in [0.1, 0.15) is 0 Å². The molecule has 2 rings (SSSR count). The van der Waals surface area contributed by atoms with Gasteiger partial charge < -0.3 is 4.90 Å². The van der Waals surface area contributed by atoms with E-state index < -0.39 is 7.59 Å². The van der Waals surface area contributed by atoms with Crippen molar-refractivity contribution in [2.24, 2.45) is 0 Å². The van der Waals surface area contributed by atoms with Crippen LogP contribution < -0.4 is 4.49 Å². The lowest BCUT2D eigenvalue weighted by molar-refractivity contribution is 0.410. The molecule has 0 saturated carbocycles. The molecule has 2 aliphatic rings. The molecule has 20 heavy (non-hydrogen) atoms. The molecule has 2 unspecified atom stereocenters. The first kappa shape index (κ1) is 16.8. The van der Waals surface area contributed by atoms with E-state index in [1.807, 2.05) is 0 Å². The molecule has 0 aromatic rings. The molecular formula is C13H29N4OPS. The zero-order chi connectivity index (χ0) is 15.2. The number of rotatable bonds is 8. The summed E-state index contributed by atoms with van der Waals surface area (Å²) in [5, 5.41) is 0. The summed E-state index contributed by atoms with van der Waals surface area (Å²) < 4.78 is 21.0. The van der Waals surface area contributed by atoms with Gasteiger partial charge in [-0.25, -0.2) is 9.34 Å². The lowest BCUT2D eigenvalue weighted by Crippen LogP contribution is -2.23. The van der Waals surface area contributed by atoms with Gasteiger partial charge in [-0.2, -0.15) is 4.49 Å². The molecule has 1 N–H and O–H groups in total. The van der Waals surface area contributed by atoms with Crippen LogP contribution in [0.4, 0.5) is 0 Å². The van der Waals surface area contributed by atoms with E-state index >= 15 is 0 Å². The molecule has 2 fully saturated rings. The van der Waals surface area contributed by atoms with E-state index in [0.717, 1.165) is 31.8 Å². The van der Waals surface area contributed by atoms with Crippen molar-refractivity contribution in [3.05, 3.63) is 0 Å². The Kier molecular flexibility index (Phi) is 4.67. The molecule has 0 bridgehead atoms. The molecule has 0 aromatic heterocycles. The molecule has 0 aliphatic carbocycles. The predicted octanol–water partition coefficient (Wildman–Crippen LogP) is 2.47. The van der Waals surface area contributed by atoms with Crippen LogP contribution in [0.2, 0.25) is 0 Å². The van der Waals surface area contributed by atoms with Crippen molar-refractivity contribution in [3.8, 4) is 0 Å². The highest BCUT2D eigenvalue weighted by molar-refractivity contribution is 8.02. The molecular weight excluding hydrogens is 291 g/mol. The Hall–Kier alpha value is 0.420. The Bertz CT molecular complexity index is 387. The topological polar surface area (TPSA) is 38.4 Å². The SMILES string of the molecule is CN(C)CCCSNP(=O)(N1CC1(C)C)N1CC1(C)C. The second-order valence-corrected chi connectivity index (χ2v) is 10.9. The highest BCUT2D eigenvalue weighted by Crippen LogP contribution is 2.67. The minimum Gasteiger partial charge on any atom is -0.309 e. The minimum absolute atomic E-state index is 0.0748. The third-order valence-corrected chi connectivity index (χ3v) is 8.59. The summed E-state index contributed by atoms with van der Waals surface area (Å²) in [5.74, 6) is 0.991. The van der Waals surface area contributed by atoms with Crippen molar-refractivity contribution < 1.29 is 4.57 Å². The maximum atomic E-state index is 13.4. The van der Waals surface area contributed by atoms with Crippen LogP contribution in [-0.2, 0) is 4.57 Å². The molecule has 0 spiro atoms. The van der Waals surface area contributed by atoms with Gasteiger partial charge in [-0.3, -0.25) is 4.57 Å². The number of nitrogens with zero attached hydrogens (tertiary/aromatic N) is 3. The monoisotopic (exact) mass is 320 g/mol. The highest BCUT2D eigenvalue weighted by Gasteiger charge is 2.64. The van der Waals surface area contributed by atoms with Gasteiger partial charge in [0.2, 0.25) is 0 Å². The number of hydrogen-bond acceptors (Lipinski definition) is 3. The summed E-state index contributed by atoms with van der Waals surface area (Å²) >= 11 is 1.62. The van der Waals surface area contributed by atoms with Crippen LogP contribution in [0.15, 0.2) is 0 Å². The molecule has 2 heterocycles. The molecule has 0 amide bonds. The maximum Gasteiger partial charge on any atom is 0.294 e. The first-order chi connectivity index (χ1) is 9.09. The van der Waals surface area contributed by atoms with E-state index in [9.17, 15) is 4.57 Å². The average Bonchev–Trinajstić information content (AvgIpc) is 3.14. The molecule has 2 saturated heterocycles. The maximum absolute atomic E-state index is 13.4. The molecule has 5 nitrogen and oxygen atoms in total. The van der Waals surface area contributed by atoms with Gasteiger partial charge in [0.25, 0.3) is 7.59 Å². The quantitative estimate of drug-likeness (QED) is 0.321. The van der Waals surface area contributed by atoms with Crippen molar-refractivity contribution in [1.82, 2.24) is 18.7 Å².